The lowest BCUT2D eigenvalue weighted by Crippen LogP contribution is -1.99. The highest BCUT2D eigenvalue weighted by Crippen LogP contribution is 2.14. The van der Waals surface area contributed by atoms with Crippen LogP contribution >= 0.6 is 0 Å². The van der Waals surface area contributed by atoms with Gasteiger partial charge in [0, 0.05) is 5.56 Å². The first-order chi connectivity index (χ1) is 8.77. The van der Waals surface area contributed by atoms with Crippen LogP contribution < -0.4 is 4.74 Å². The maximum atomic E-state index is 11.3. The number of Topliss-reactive ketones (excluding diaryl/α,β-unsaturated/α-hetero) is 1. The van der Waals surface area contributed by atoms with Crippen molar-refractivity contribution in [2.45, 2.75) is 45.3 Å². The van der Waals surface area contributed by atoms with Crippen LogP contribution in [-0.4, -0.2) is 20.2 Å². The van der Waals surface area contributed by atoms with Crippen molar-refractivity contribution >= 4 is 13.6 Å². The standard InChI is InChI=1S/C15H21BO2/c1-2-3-4-5-6-11-18-14-9-7-13(8-10-14)15(17)12-16/h7-10H,2-6,11-12H2,1H3. The molecule has 1 aromatic rings. The van der Waals surface area contributed by atoms with Crippen LogP contribution in [0.2, 0.25) is 6.32 Å². The summed E-state index contributed by atoms with van der Waals surface area (Å²) in [5, 5.41) is 0. The molecule has 0 amide bonds. The molecule has 0 bridgehead atoms. The van der Waals surface area contributed by atoms with Gasteiger partial charge in [0.1, 0.15) is 5.75 Å². The van der Waals surface area contributed by atoms with E-state index in [1.165, 1.54) is 25.7 Å². The highest BCUT2D eigenvalue weighted by molar-refractivity contribution is 6.23. The Kier molecular flexibility index (Phi) is 7.23. The minimum atomic E-state index is -0.0406. The molecule has 0 unspecified atom stereocenters. The van der Waals surface area contributed by atoms with Gasteiger partial charge in [-0.05, 0) is 37.0 Å². The van der Waals surface area contributed by atoms with Crippen LogP contribution in [0.5, 0.6) is 5.75 Å². The van der Waals surface area contributed by atoms with Crippen LogP contribution in [0, 0.1) is 0 Å². The molecule has 3 heteroatoms. The largest absolute Gasteiger partial charge is 0.494 e. The Hall–Kier alpha value is -1.25. The van der Waals surface area contributed by atoms with E-state index in [1.54, 1.807) is 12.1 Å². The molecule has 0 saturated carbocycles. The first-order valence-electron chi connectivity index (χ1n) is 6.74. The van der Waals surface area contributed by atoms with E-state index < -0.39 is 0 Å². The number of ether oxygens (including phenoxy) is 1. The van der Waals surface area contributed by atoms with Gasteiger partial charge in [0.15, 0.2) is 5.78 Å². The molecule has 0 aliphatic carbocycles. The molecule has 0 fully saturated rings. The van der Waals surface area contributed by atoms with E-state index in [4.69, 9.17) is 12.6 Å². The lowest BCUT2D eigenvalue weighted by molar-refractivity contribution is 0.101. The van der Waals surface area contributed by atoms with Gasteiger partial charge in [0.2, 0.25) is 0 Å². The van der Waals surface area contributed by atoms with Gasteiger partial charge in [-0.15, -0.1) is 0 Å². The van der Waals surface area contributed by atoms with Crippen LogP contribution in [0.3, 0.4) is 0 Å². The molecule has 0 atom stereocenters. The van der Waals surface area contributed by atoms with Gasteiger partial charge in [-0.1, -0.05) is 32.6 Å². The van der Waals surface area contributed by atoms with E-state index >= 15 is 0 Å². The summed E-state index contributed by atoms with van der Waals surface area (Å²) in [6.45, 7) is 2.95. The first kappa shape index (κ1) is 14.8. The number of unbranched alkanes of at least 4 members (excludes halogenated alkanes) is 4. The molecule has 1 rings (SSSR count). The zero-order valence-corrected chi connectivity index (χ0v) is 11.2. The van der Waals surface area contributed by atoms with Crippen molar-refractivity contribution in [1.29, 1.82) is 0 Å². The molecule has 0 aromatic heterocycles. The Balaban J connectivity index is 2.25. The summed E-state index contributed by atoms with van der Waals surface area (Å²) in [5.74, 6) is 0.778. The van der Waals surface area contributed by atoms with Gasteiger partial charge in [-0.25, -0.2) is 0 Å². The number of hydrogen-bond donors (Lipinski definition) is 0. The molecule has 0 heterocycles. The topological polar surface area (TPSA) is 26.3 Å². The fourth-order valence-corrected chi connectivity index (χ4v) is 1.75. The Labute approximate surface area is 111 Å². The van der Waals surface area contributed by atoms with Crippen molar-refractivity contribution in [1.82, 2.24) is 0 Å². The monoisotopic (exact) mass is 244 g/mol. The van der Waals surface area contributed by atoms with Gasteiger partial charge >= 0.3 is 0 Å². The lowest BCUT2D eigenvalue weighted by atomic mass is 9.96. The summed E-state index contributed by atoms with van der Waals surface area (Å²) in [6, 6.07) is 7.19. The molecule has 0 aliphatic heterocycles. The quantitative estimate of drug-likeness (QED) is 0.375. The lowest BCUT2D eigenvalue weighted by Gasteiger charge is -2.06. The highest BCUT2D eigenvalue weighted by atomic mass is 16.5. The number of hydrogen-bond acceptors (Lipinski definition) is 2. The van der Waals surface area contributed by atoms with Crippen LogP contribution in [0.15, 0.2) is 24.3 Å². The fraction of sp³-hybridized carbons (Fsp3) is 0.533. The smallest absolute Gasteiger partial charge is 0.154 e. The third kappa shape index (κ3) is 5.39. The Morgan fingerprint density at radius 1 is 1.11 bits per heavy atom. The molecule has 1 aromatic carbocycles. The Bertz CT molecular complexity index is 346. The Morgan fingerprint density at radius 3 is 2.39 bits per heavy atom. The maximum Gasteiger partial charge on any atom is 0.154 e. The zero-order chi connectivity index (χ0) is 13.2. The minimum absolute atomic E-state index is 0.0406. The first-order valence-corrected chi connectivity index (χ1v) is 6.74. The number of rotatable bonds is 9. The normalized spacial score (nSPS) is 10.3. The van der Waals surface area contributed by atoms with Crippen LogP contribution in [0.25, 0.3) is 0 Å². The maximum absolute atomic E-state index is 11.3. The molecular weight excluding hydrogens is 223 g/mol. The van der Waals surface area contributed by atoms with Crippen LogP contribution in [0.1, 0.15) is 49.4 Å². The summed E-state index contributed by atoms with van der Waals surface area (Å²) in [6.07, 6.45) is 6.20. The van der Waals surface area contributed by atoms with Crippen molar-refractivity contribution in [2.75, 3.05) is 6.61 Å². The molecule has 0 spiro atoms. The third-order valence-corrected chi connectivity index (χ3v) is 2.88. The van der Waals surface area contributed by atoms with Crippen molar-refractivity contribution in [3.63, 3.8) is 0 Å². The van der Waals surface area contributed by atoms with E-state index in [9.17, 15) is 4.79 Å². The molecule has 0 saturated heterocycles. The number of carbonyl (C=O) groups is 1. The number of ketones is 1. The second kappa shape index (κ2) is 8.79. The summed E-state index contributed by atoms with van der Waals surface area (Å²) in [7, 11) is 5.30. The second-order valence-corrected chi connectivity index (χ2v) is 4.41. The minimum Gasteiger partial charge on any atom is -0.494 e. The summed E-state index contributed by atoms with van der Waals surface area (Å²) in [4.78, 5) is 11.3. The second-order valence-electron chi connectivity index (χ2n) is 4.41. The van der Waals surface area contributed by atoms with Crippen molar-refractivity contribution in [2.24, 2.45) is 0 Å². The highest BCUT2D eigenvalue weighted by Gasteiger charge is 2.02. The number of benzene rings is 1. The van der Waals surface area contributed by atoms with Crippen LogP contribution in [0.4, 0.5) is 0 Å². The van der Waals surface area contributed by atoms with E-state index in [0.717, 1.165) is 18.8 Å². The van der Waals surface area contributed by atoms with Gasteiger partial charge in [-0.2, -0.15) is 0 Å². The van der Waals surface area contributed by atoms with E-state index in [-0.39, 0.29) is 12.1 Å². The van der Waals surface area contributed by atoms with Crippen molar-refractivity contribution in [3.8, 4) is 5.75 Å². The average molecular weight is 244 g/mol. The molecular formula is C15H21BO2. The van der Waals surface area contributed by atoms with Crippen molar-refractivity contribution in [3.05, 3.63) is 29.8 Å². The van der Waals surface area contributed by atoms with Crippen molar-refractivity contribution < 1.29 is 9.53 Å². The molecule has 0 N–H and O–H groups in total. The number of carbonyl (C=O) groups excluding carboxylic acids is 1. The van der Waals surface area contributed by atoms with E-state index in [0.29, 0.717) is 5.56 Å². The van der Waals surface area contributed by atoms with Gasteiger partial charge in [-0.3, -0.25) is 4.79 Å². The molecule has 96 valence electrons. The zero-order valence-electron chi connectivity index (χ0n) is 11.2. The Morgan fingerprint density at radius 2 is 1.78 bits per heavy atom. The van der Waals surface area contributed by atoms with Gasteiger partial charge in [0.05, 0.1) is 14.5 Å². The SMILES string of the molecule is [B]CC(=O)c1ccc(OCCCCCCC)cc1. The predicted octanol–water partition coefficient (Wildman–Crippen LogP) is 3.81. The molecule has 0 aliphatic rings. The summed E-state index contributed by atoms with van der Waals surface area (Å²) in [5.41, 5.74) is 0.646. The summed E-state index contributed by atoms with van der Waals surface area (Å²) >= 11 is 0. The molecule has 2 nitrogen and oxygen atoms in total. The molecule has 2 radical (unpaired) electrons. The van der Waals surface area contributed by atoms with Gasteiger partial charge < -0.3 is 4.74 Å². The average Bonchev–Trinajstić information content (AvgIpc) is 2.42. The third-order valence-electron chi connectivity index (χ3n) is 2.88. The fourth-order valence-electron chi connectivity index (χ4n) is 1.75. The van der Waals surface area contributed by atoms with E-state index in [1.807, 2.05) is 12.1 Å². The summed E-state index contributed by atoms with van der Waals surface area (Å²) < 4.78 is 5.61. The predicted molar refractivity (Wildman–Crippen MR) is 75.6 cm³/mol. The van der Waals surface area contributed by atoms with E-state index in [2.05, 4.69) is 6.92 Å². The van der Waals surface area contributed by atoms with Gasteiger partial charge in [0.25, 0.3) is 0 Å². The molecule has 18 heavy (non-hydrogen) atoms. The van der Waals surface area contributed by atoms with Crippen LogP contribution in [-0.2, 0) is 0 Å².